The largest absolute Gasteiger partial charge is 0.318 e. The third-order valence-corrected chi connectivity index (χ3v) is 3.22. The average Bonchev–Trinajstić information content (AvgIpc) is 2.51. The number of carbonyl (C=O) groups is 2. The molecule has 0 aliphatic carbocycles. The minimum atomic E-state index is -0.630. The number of aryl methyl sites for hydroxylation is 1. The first kappa shape index (κ1) is 14.8. The van der Waals surface area contributed by atoms with Crippen LogP contribution >= 0.6 is 0 Å². The van der Waals surface area contributed by atoms with Gasteiger partial charge in [0.05, 0.1) is 0 Å². The van der Waals surface area contributed by atoms with Crippen LogP contribution in [0.25, 0.3) is 0 Å². The van der Waals surface area contributed by atoms with Crippen molar-refractivity contribution in [2.45, 2.75) is 13.8 Å². The lowest BCUT2D eigenvalue weighted by Crippen LogP contribution is -2.39. The minimum absolute atomic E-state index is 0.435. The third kappa shape index (κ3) is 3.48. The fourth-order valence-electron chi connectivity index (χ4n) is 2.06. The number of amides is 2. The third-order valence-electron chi connectivity index (χ3n) is 3.22. The van der Waals surface area contributed by atoms with Gasteiger partial charge in [0.15, 0.2) is 0 Å². The highest BCUT2D eigenvalue weighted by molar-refractivity contribution is 6.44. The van der Waals surface area contributed by atoms with Crippen LogP contribution in [0.5, 0.6) is 0 Å². The van der Waals surface area contributed by atoms with E-state index in [1.807, 2.05) is 62.4 Å². The molecular weight excluding hydrogens is 264 g/mol. The van der Waals surface area contributed by atoms with E-state index in [0.717, 1.165) is 5.56 Å². The molecule has 4 heteroatoms. The number of para-hydroxylation sites is 2. The van der Waals surface area contributed by atoms with Crippen molar-refractivity contribution in [2.75, 3.05) is 16.8 Å². The maximum absolute atomic E-state index is 12.3. The lowest BCUT2D eigenvalue weighted by Gasteiger charge is -2.20. The van der Waals surface area contributed by atoms with Gasteiger partial charge >= 0.3 is 11.8 Å². The summed E-state index contributed by atoms with van der Waals surface area (Å²) < 4.78 is 0. The van der Waals surface area contributed by atoms with Gasteiger partial charge in [-0.25, -0.2) is 0 Å². The zero-order valence-electron chi connectivity index (χ0n) is 12.2. The van der Waals surface area contributed by atoms with Crippen LogP contribution < -0.4 is 10.2 Å². The van der Waals surface area contributed by atoms with E-state index < -0.39 is 11.8 Å². The molecule has 0 spiro atoms. The number of hydrogen-bond donors (Lipinski definition) is 1. The van der Waals surface area contributed by atoms with Gasteiger partial charge in [0, 0.05) is 17.9 Å². The van der Waals surface area contributed by atoms with Crippen LogP contribution in [0.4, 0.5) is 11.4 Å². The first-order chi connectivity index (χ1) is 10.1. The predicted octanol–water partition coefficient (Wildman–Crippen LogP) is 2.99. The molecule has 4 nitrogen and oxygen atoms in total. The molecule has 0 aliphatic heterocycles. The number of hydrogen-bond acceptors (Lipinski definition) is 2. The lowest BCUT2D eigenvalue weighted by atomic mass is 10.2. The Hall–Kier alpha value is -2.62. The van der Waals surface area contributed by atoms with Gasteiger partial charge in [0.2, 0.25) is 0 Å². The summed E-state index contributed by atoms with van der Waals surface area (Å²) in [5, 5.41) is 2.66. The Labute approximate surface area is 124 Å². The van der Waals surface area contributed by atoms with Crippen molar-refractivity contribution in [3.8, 4) is 0 Å². The summed E-state index contributed by atoms with van der Waals surface area (Å²) in [4.78, 5) is 25.9. The van der Waals surface area contributed by atoms with Crippen LogP contribution in [0, 0.1) is 6.92 Å². The van der Waals surface area contributed by atoms with Crippen LogP contribution in [0.3, 0.4) is 0 Å². The molecule has 2 amide bonds. The van der Waals surface area contributed by atoms with Crippen molar-refractivity contribution >= 4 is 23.2 Å². The number of anilines is 2. The molecule has 2 aromatic rings. The summed E-state index contributed by atoms with van der Waals surface area (Å²) in [5.41, 5.74) is 2.28. The number of benzene rings is 2. The standard InChI is InChI=1S/C17H18N2O2/c1-3-19(14-10-5-4-6-11-14)17(21)16(20)18-15-12-8-7-9-13(15)2/h4-12H,3H2,1-2H3,(H,18,20). The molecule has 0 unspecified atom stereocenters. The molecule has 108 valence electrons. The van der Waals surface area contributed by atoms with Gasteiger partial charge in [0.25, 0.3) is 0 Å². The van der Waals surface area contributed by atoms with Gasteiger partial charge in [-0.1, -0.05) is 36.4 Å². The van der Waals surface area contributed by atoms with E-state index in [9.17, 15) is 9.59 Å². The zero-order chi connectivity index (χ0) is 15.2. The molecular formula is C17H18N2O2. The molecule has 2 aromatic carbocycles. The smallest absolute Gasteiger partial charge is 0.316 e. The van der Waals surface area contributed by atoms with Crippen LogP contribution in [-0.2, 0) is 9.59 Å². The lowest BCUT2D eigenvalue weighted by molar-refractivity contribution is -0.134. The van der Waals surface area contributed by atoms with Gasteiger partial charge in [-0.3, -0.25) is 9.59 Å². The average molecular weight is 282 g/mol. The Morgan fingerprint density at radius 2 is 1.62 bits per heavy atom. The van der Waals surface area contributed by atoms with Gasteiger partial charge in [0.1, 0.15) is 0 Å². The molecule has 0 bridgehead atoms. The second-order valence-corrected chi connectivity index (χ2v) is 4.65. The summed E-state index contributed by atoms with van der Waals surface area (Å²) >= 11 is 0. The molecule has 0 heterocycles. The molecule has 2 rings (SSSR count). The maximum Gasteiger partial charge on any atom is 0.316 e. The van der Waals surface area contributed by atoms with E-state index in [-0.39, 0.29) is 0 Å². The topological polar surface area (TPSA) is 49.4 Å². The first-order valence-electron chi connectivity index (χ1n) is 6.87. The first-order valence-corrected chi connectivity index (χ1v) is 6.87. The van der Waals surface area contributed by atoms with Crippen LogP contribution in [-0.4, -0.2) is 18.4 Å². The van der Waals surface area contributed by atoms with Crippen molar-refractivity contribution in [1.82, 2.24) is 0 Å². The van der Waals surface area contributed by atoms with E-state index >= 15 is 0 Å². The van der Waals surface area contributed by atoms with Crippen molar-refractivity contribution in [3.05, 3.63) is 60.2 Å². The Morgan fingerprint density at radius 3 is 2.24 bits per heavy atom. The molecule has 1 N–H and O–H groups in total. The van der Waals surface area contributed by atoms with Crippen LogP contribution in [0.1, 0.15) is 12.5 Å². The summed E-state index contributed by atoms with van der Waals surface area (Å²) in [7, 11) is 0. The van der Waals surface area contributed by atoms with Crippen molar-refractivity contribution in [1.29, 1.82) is 0 Å². The molecule has 0 aliphatic rings. The molecule has 0 radical (unpaired) electrons. The Kier molecular flexibility index (Phi) is 4.72. The summed E-state index contributed by atoms with van der Waals surface area (Å²) in [5.74, 6) is -1.19. The highest BCUT2D eigenvalue weighted by Crippen LogP contribution is 2.16. The maximum atomic E-state index is 12.3. The van der Waals surface area contributed by atoms with Crippen LogP contribution in [0.2, 0.25) is 0 Å². The molecule has 0 saturated carbocycles. The molecule has 0 atom stereocenters. The number of likely N-dealkylation sites (N-methyl/N-ethyl adjacent to an activating group) is 1. The van der Waals surface area contributed by atoms with E-state index in [0.29, 0.717) is 17.9 Å². The predicted molar refractivity (Wildman–Crippen MR) is 84.3 cm³/mol. The second kappa shape index (κ2) is 6.70. The van der Waals surface area contributed by atoms with Crippen molar-refractivity contribution < 1.29 is 9.59 Å². The summed E-state index contributed by atoms with van der Waals surface area (Å²) in [6.45, 7) is 4.16. The van der Waals surface area contributed by atoms with Crippen molar-refractivity contribution in [2.24, 2.45) is 0 Å². The fourth-order valence-corrected chi connectivity index (χ4v) is 2.06. The Balaban J connectivity index is 2.15. The van der Waals surface area contributed by atoms with Gasteiger partial charge in [-0.05, 0) is 37.6 Å². The number of carbonyl (C=O) groups excluding carboxylic acids is 2. The van der Waals surface area contributed by atoms with Gasteiger partial charge in [-0.2, -0.15) is 0 Å². The summed E-state index contributed by atoms with van der Waals surface area (Å²) in [6.07, 6.45) is 0. The number of rotatable bonds is 3. The van der Waals surface area contributed by atoms with Crippen molar-refractivity contribution in [3.63, 3.8) is 0 Å². The quantitative estimate of drug-likeness (QED) is 0.880. The summed E-state index contributed by atoms with van der Waals surface area (Å²) in [6, 6.07) is 16.5. The van der Waals surface area contributed by atoms with Gasteiger partial charge in [-0.15, -0.1) is 0 Å². The monoisotopic (exact) mass is 282 g/mol. The molecule has 21 heavy (non-hydrogen) atoms. The normalized spacial score (nSPS) is 10.0. The molecule has 0 fully saturated rings. The Morgan fingerprint density at radius 1 is 1.00 bits per heavy atom. The SMILES string of the molecule is CCN(C(=O)C(=O)Nc1ccccc1C)c1ccccc1. The van der Waals surface area contributed by atoms with E-state index in [1.165, 1.54) is 4.90 Å². The van der Waals surface area contributed by atoms with E-state index in [1.54, 1.807) is 6.07 Å². The molecule has 0 aromatic heterocycles. The molecule has 0 saturated heterocycles. The van der Waals surface area contributed by atoms with E-state index in [2.05, 4.69) is 5.32 Å². The fraction of sp³-hybridized carbons (Fsp3) is 0.176. The zero-order valence-corrected chi connectivity index (χ0v) is 12.2. The van der Waals surface area contributed by atoms with E-state index in [4.69, 9.17) is 0 Å². The van der Waals surface area contributed by atoms with Crippen LogP contribution in [0.15, 0.2) is 54.6 Å². The number of nitrogens with zero attached hydrogens (tertiary/aromatic N) is 1. The second-order valence-electron chi connectivity index (χ2n) is 4.65. The highest BCUT2D eigenvalue weighted by Gasteiger charge is 2.22. The Bertz CT molecular complexity index is 638. The number of nitrogens with one attached hydrogen (secondary N) is 1. The van der Waals surface area contributed by atoms with Gasteiger partial charge < -0.3 is 10.2 Å². The highest BCUT2D eigenvalue weighted by atomic mass is 16.2. The minimum Gasteiger partial charge on any atom is -0.318 e.